The largest absolute Gasteiger partial charge is 0.383 e. The van der Waals surface area contributed by atoms with Crippen LogP contribution in [0.4, 0.5) is 10.1 Å². The predicted molar refractivity (Wildman–Crippen MR) is 69.2 cm³/mol. The molecule has 0 amide bonds. The first-order chi connectivity index (χ1) is 8.45. The molecule has 0 saturated heterocycles. The highest BCUT2D eigenvalue weighted by Crippen LogP contribution is 2.18. The normalized spacial score (nSPS) is 11.5. The first kappa shape index (κ1) is 14.9. The van der Waals surface area contributed by atoms with Crippen LogP contribution < -0.4 is 16.2 Å². The zero-order valence-corrected chi connectivity index (χ0v) is 10.8. The molecule has 1 aromatic carbocycles. The number of primary sulfonamides is 1. The molecule has 1 aromatic rings. The van der Waals surface area contributed by atoms with Crippen LogP contribution in [0.5, 0.6) is 0 Å². The van der Waals surface area contributed by atoms with E-state index < -0.39 is 15.8 Å². The van der Waals surface area contributed by atoms with Crippen molar-refractivity contribution in [2.75, 3.05) is 18.4 Å². The third kappa shape index (κ3) is 4.59. The second-order valence-electron chi connectivity index (χ2n) is 3.96. The fourth-order valence-corrected chi connectivity index (χ4v) is 2.01. The van der Waals surface area contributed by atoms with Gasteiger partial charge in [0.25, 0.3) is 0 Å². The van der Waals surface area contributed by atoms with Crippen LogP contribution in [0.15, 0.2) is 23.1 Å². The lowest BCUT2D eigenvalue weighted by atomic mass is 10.2. The SMILES string of the molecule is NCCCCCNc1ccc(S(N)(=O)=O)cc1F. The summed E-state index contributed by atoms with van der Waals surface area (Å²) in [5.74, 6) is -0.625. The number of anilines is 1. The Morgan fingerprint density at radius 1 is 1.22 bits per heavy atom. The number of halogens is 1. The number of sulfonamides is 1. The van der Waals surface area contributed by atoms with Gasteiger partial charge in [0.15, 0.2) is 0 Å². The third-order valence-electron chi connectivity index (χ3n) is 2.47. The summed E-state index contributed by atoms with van der Waals surface area (Å²) in [5.41, 5.74) is 5.63. The fourth-order valence-electron chi connectivity index (χ4n) is 1.49. The van der Waals surface area contributed by atoms with Crippen molar-refractivity contribution in [3.8, 4) is 0 Å². The molecule has 0 atom stereocenters. The lowest BCUT2D eigenvalue weighted by Crippen LogP contribution is -2.13. The zero-order chi connectivity index (χ0) is 13.6. The van der Waals surface area contributed by atoms with Gasteiger partial charge in [-0.2, -0.15) is 0 Å². The van der Waals surface area contributed by atoms with Gasteiger partial charge in [0.05, 0.1) is 10.6 Å². The van der Waals surface area contributed by atoms with Gasteiger partial charge < -0.3 is 11.1 Å². The van der Waals surface area contributed by atoms with E-state index in [0.717, 1.165) is 25.3 Å². The van der Waals surface area contributed by atoms with Gasteiger partial charge in [-0.25, -0.2) is 17.9 Å². The van der Waals surface area contributed by atoms with E-state index in [4.69, 9.17) is 10.9 Å². The Morgan fingerprint density at radius 2 is 1.94 bits per heavy atom. The Labute approximate surface area is 106 Å². The average molecular weight is 275 g/mol. The number of nitrogens with one attached hydrogen (secondary N) is 1. The number of nitrogens with two attached hydrogens (primary N) is 2. The quantitative estimate of drug-likeness (QED) is 0.647. The van der Waals surface area contributed by atoms with Crippen molar-refractivity contribution in [3.05, 3.63) is 24.0 Å². The molecule has 0 fully saturated rings. The van der Waals surface area contributed by atoms with E-state index in [9.17, 15) is 12.8 Å². The molecule has 0 radical (unpaired) electrons. The van der Waals surface area contributed by atoms with E-state index in [2.05, 4.69) is 5.32 Å². The van der Waals surface area contributed by atoms with Crippen molar-refractivity contribution in [1.82, 2.24) is 0 Å². The first-order valence-electron chi connectivity index (χ1n) is 5.71. The monoisotopic (exact) mass is 275 g/mol. The molecule has 5 nitrogen and oxygen atoms in total. The number of hydrogen-bond acceptors (Lipinski definition) is 4. The maximum atomic E-state index is 13.6. The molecular weight excluding hydrogens is 257 g/mol. The van der Waals surface area contributed by atoms with E-state index in [0.29, 0.717) is 13.1 Å². The van der Waals surface area contributed by atoms with Crippen LogP contribution in [0.3, 0.4) is 0 Å². The predicted octanol–water partition coefficient (Wildman–Crippen LogP) is 1.01. The molecule has 0 aliphatic rings. The first-order valence-corrected chi connectivity index (χ1v) is 7.26. The standard InChI is InChI=1S/C11H18FN3O2S/c12-10-8-9(18(14,16)17)4-5-11(10)15-7-3-1-2-6-13/h4-5,8,15H,1-3,6-7,13H2,(H2,14,16,17). The lowest BCUT2D eigenvalue weighted by Gasteiger charge is -2.08. The second-order valence-corrected chi connectivity index (χ2v) is 5.52. The Morgan fingerprint density at radius 3 is 2.50 bits per heavy atom. The van der Waals surface area contributed by atoms with Crippen molar-refractivity contribution in [1.29, 1.82) is 0 Å². The molecule has 0 bridgehead atoms. The van der Waals surface area contributed by atoms with Gasteiger partial charge in [0.2, 0.25) is 10.0 Å². The van der Waals surface area contributed by atoms with Crippen molar-refractivity contribution in [2.24, 2.45) is 10.9 Å². The number of rotatable bonds is 7. The van der Waals surface area contributed by atoms with E-state index >= 15 is 0 Å². The Kier molecular flexibility index (Phi) is 5.52. The Balaban J connectivity index is 2.58. The van der Waals surface area contributed by atoms with Gasteiger partial charge in [-0.3, -0.25) is 0 Å². The number of hydrogen-bond donors (Lipinski definition) is 3. The van der Waals surface area contributed by atoms with Crippen LogP contribution in [-0.2, 0) is 10.0 Å². The molecule has 0 saturated carbocycles. The molecular formula is C11H18FN3O2S. The van der Waals surface area contributed by atoms with Gasteiger partial charge in [0, 0.05) is 6.54 Å². The van der Waals surface area contributed by atoms with Crippen molar-refractivity contribution >= 4 is 15.7 Å². The Bertz CT molecular complexity index is 491. The fraction of sp³-hybridized carbons (Fsp3) is 0.455. The molecule has 18 heavy (non-hydrogen) atoms. The van der Waals surface area contributed by atoms with Crippen molar-refractivity contribution < 1.29 is 12.8 Å². The third-order valence-corrected chi connectivity index (χ3v) is 3.38. The van der Waals surface area contributed by atoms with E-state index in [1.54, 1.807) is 0 Å². The van der Waals surface area contributed by atoms with E-state index in [1.165, 1.54) is 12.1 Å². The van der Waals surface area contributed by atoms with Crippen LogP contribution in [0.1, 0.15) is 19.3 Å². The highest BCUT2D eigenvalue weighted by atomic mass is 32.2. The van der Waals surface area contributed by atoms with Gasteiger partial charge >= 0.3 is 0 Å². The highest BCUT2D eigenvalue weighted by molar-refractivity contribution is 7.89. The molecule has 0 heterocycles. The smallest absolute Gasteiger partial charge is 0.238 e. The number of unbranched alkanes of at least 4 members (excludes halogenated alkanes) is 2. The van der Waals surface area contributed by atoms with Crippen molar-refractivity contribution in [3.63, 3.8) is 0 Å². The maximum absolute atomic E-state index is 13.6. The van der Waals surface area contributed by atoms with Crippen LogP contribution in [0, 0.1) is 5.82 Å². The summed E-state index contributed by atoms with van der Waals surface area (Å²) >= 11 is 0. The minimum absolute atomic E-state index is 0.228. The minimum atomic E-state index is -3.86. The van der Waals surface area contributed by atoms with Crippen molar-refractivity contribution in [2.45, 2.75) is 24.2 Å². The van der Waals surface area contributed by atoms with E-state index in [-0.39, 0.29) is 10.6 Å². The molecule has 0 aliphatic heterocycles. The van der Waals surface area contributed by atoms with E-state index in [1.807, 2.05) is 0 Å². The summed E-state index contributed by atoms with van der Waals surface area (Å²) in [6.07, 6.45) is 2.79. The van der Waals surface area contributed by atoms with Gasteiger partial charge in [0.1, 0.15) is 5.82 Å². The summed E-state index contributed by atoms with van der Waals surface area (Å²) in [6, 6.07) is 3.57. The van der Waals surface area contributed by atoms with Gasteiger partial charge in [-0.05, 0) is 37.6 Å². The summed E-state index contributed by atoms with van der Waals surface area (Å²) < 4.78 is 35.6. The molecule has 1 rings (SSSR count). The minimum Gasteiger partial charge on any atom is -0.383 e. The summed E-state index contributed by atoms with van der Waals surface area (Å²) in [5, 5.41) is 7.80. The highest BCUT2D eigenvalue weighted by Gasteiger charge is 2.11. The summed E-state index contributed by atoms with van der Waals surface area (Å²) in [4.78, 5) is -0.228. The van der Waals surface area contributed by atoms with Gasteiger partial charge in [-0.15, -0.1) is 0 Å². The zero-order valence-electron chi connectivity index (χ0n) is 10.0. The average Bonchev–Trinajstić information content (AvgIpc) is 2.29. The Hall–Kier alpha value is -1.18. The molecule has 5 N–H and O–H groups in total. The number of benzene rings is 1. The van der Waals surface area contributed by atoms with Crippen LogP contribution in [0.25, 0.3) is 0 Å². The van der Waals surface area contributed by atoms with Gasteiger partial charge in [-0.1, -0.05) is 6.42 Å². The topological polar surface area (TPSA) is 98.2 Å². The molecule has 7 heteroatoms. The van der Waals surface area contributed by atoms with Crippen LogP contribution in [0.2, 0.25) is 0 Å². The molecule has 0 aromatic heterocycles. The summed E-state index contributed by atoms with van der Waals surface area (Å²) in [7, 11) is -3.86. The molecule has 0 spiro atoms. The molecule has 0 aliphatic carbocycles. The summed E-state index contributed by atoms with van der Waals surface area (Å²) in [6.45, 7) is 1.27. The lowest BCUT2D eigenvalue weighted by molar-refractivity contribution is 0.592. The second kappa shape index (κ2) is 6.67. The molecule has 102 valence electrons. The maximum Gasteiger partial charge on any atom is 0.238 e. The van der Waals surface area contributed by atoms with Crippen LogP contribution >= 0.6 is 0 Å². The molecule has 0 unspecified atom stereocenters. The van der Waals surface area contributed by atoms with Crippen LogP contribution in [-0.4, -0.2) is 21.5 Å².